The molecule has 0 bridgehead atoms. The van der Waals surface area contributed by atoms with E-state index in [-0.39, 0.29) is 17.9 Å². The van der Waals surface area contributed by atoms with Gasteiger partial charge < -0.3 is 9.72 Å². The van der Waals surface area contributed by atoms with Crippen LogP contribution in [0, 0.1) is 6.92 Å². The summed E-state index contributed by atoms with van der Waals surface area (Å²) in [5, 5.41) is 3.88. The van der Waals surface area contributed by atoms with Crippen LogP contribution in [-0.2, 0) is 10.2 Å². The van der Waals surface area contributed by atoms with E-state index in [1.807, 2.05) is 37.3 Å². The van der Waals surface area contributed by atoms with Gasteiger partial charge in [-0.05, 0) is 41.7 Å². The number of hydrogen-bond acceptors (Lipinski definition) is 3. The van der Waals surface area contributed by atoms with Gasteiger partial charge in [0.2, 0.25) is 0 Å². The van der Waals surface area contributed by atoms with E-state index in [1.54, 1.807) is 12.4 Å². The lowest BCUT2D eigenvalue weighted by Crippen LogP contribution is -2.25. The first-order valence-electron chi connectivity index (χ1n) is 7.55. The van der Waals surface area contributed by atoms with Crippen molar-refractivity contribution in [3.8, 4) is 5.75 Å². The Kier molecular flexibility index (Phi) is 5.21. The average Bonchev–Trinajstić information content (AvgIpc) is 2.97. The Hall–Kier alpha value is -2.56. The molecule has 1 heterocycles. The molecular weight excluding hydrogens is 290 g/mol. The smallest absolute Gasteiger partial charge is 0.277 e. The van der Waals surface area contributed by atoms with Crippen LogP contribution in [-0.4, -0.2) is 23.7 Å². The molecule has 23 heavy (non-hydrogen) atoms. The van der Waals surface area contributed by atoms with E-state index < -0.39 is 0 Å². The molecule has 2 rings (SSSR count). The van der Waals surface area contributed by atoms with Crippen molar-refractivity contribution >= 4 is 12.1 Å². The van der Waals surface area contributed by atoms with Gasteiger partial charge in [0.1, 0.15) is 5.75 Å². The Bertz CT molecular complexity index is 683. The monoisotopic (exact) mass is 313 g/mol. The fraction of sp³-hybridized carbons (Fsp3) is 0.333. The molecule has 0 saturated carbocycles. The van der Waals surface area contributed by atoms with Crippen molar-refractivity contribution in [2.75, 3.05) is 6.61 Å². The molecule has 0 aliphatic heterocycles. The minimum Gasteiger partial charge on any atom is -0.483 e. The van der Waals surface area contributed by atoms with Crippen LogP contribution >= 0.6 is 0 Å². The maximum atomic E-state index is 11.8. The highest BCUT2D eigenvalue weighted by atomic mass is 16.5. The number of nitrogens with zero attached hydrogens (tertiary/aromatic N) is 1. The molecule has 2 aromatic rings. The van der Waals surface area contributed by atoms with Gasteiger partial charge in [-0.15, -0.1) is 0 Å². The van der Waals surface area contributed by atoms with Gasteiger partial charge in [-0.1, -0.05) is 32.9 Å². The highest BCUT2D eigenvalue weighted by Crippen LogP contribution is 2.31. The Balaban J connectivity index is 1.95. The lowest BCUT2D eigenvalue weighted by Gasteiger charge is -2.23. The highest BCUT2D eigenvalue weighted by Gasteiger charge is 2.19. The molecule has 0 fully saturated rings. The van der Waals surface area contributed by atoms with Crippen molar-refractivity contribution in [1.82, 2.24) is 10.4 Å². The number of nitrogens with one attached hydrogen (secondary N) is 2. The first-order chi connectivity index (χ1) is 10.9. The van der Waals surface area contributed by atoms with Gasteiger partial charge >= 0.3 is 0 Å². The second-order valence-electron chi connectivity index (χ2n) is 6.46. The molecular formula is C18H23N3O2. The summed E-state index contributed by atoms with van der Waals surface area (Å²) in [6.45, 7) is 8.27. The topological polar surface area (TPSA) is 66.5 Å². The number of ether oxygens (including phenoxy) is 1. The zero-order chi connectivity index (χ0) is 16.9. The Labute approximate surface area is 136 Å². The molecule has 0 aliphatic rings. The summed E-state index contributed by atoms with van der Waals surface area (Å²) in [5.41, 5.74) is 5.39. The van der Waals surface area contributed by atoms with E-state index in [1.165, 1.54) is 0 Å². The van der Waals surface area contributed by atoms with E-state index in [2.05, 4.69) is 36.3 Å². The van der Waals surface area contributed by atoms with Crippen molar-refractivity contribution < 1.29 is 9.53 Å². The van der Waals surface area contributed by atoms with Crippen molar-refractivity contribution in [1.29, 1.82) is 0 Å². The lowest BCUT2D eigenvalue weighted by molar-refractivity contribution is -0.123. The molecule has 0 radical (unpaired) electrons. The third-order valence-corrected chi connectivity index (χ3v) is 3.32. The SMILES string of the molecule is Cc1ccc(C(C)(C)C)c(OCC(=O)N/N=C/c2ccc[nH]2)c1. The van der Waals surface area contributed by atoms with Gasteiger partial charge in [0.25, 0.3) is 5.91 Å². The first-order valence-corrected chi connectivity index (χ1v) is 7.55. The predicted molar refractivity (Wildman–Crippen MR) is 91.9 cm³/mol. The summed E-state index contributed by atoms with van der Waals surface area (Å²) in [4.78, 5) is 14.8. The first kappa shape index (κ1) is 16.8. The van der Waals surface area contributed by atoms with Crippen molar-refractivity contribution in [2.45, 2.75) is 33.1 Å². The second kappa shape index (κ2) is 7.13. The van der Waals surface area contributed by atoms with Crippen molar-refractivity contribution in [3.63, 3.8) is 0 Å². The zero-order valence-corrected chi connectivity index (χ0v) is 14.0. The van der Waals surface area contributed by atoms with E-state index in [9.17, 15) is 4.79 Å². The summed E-state index contributed by atoms with van der Waals surface area (Å²) in [7, 11) is 0. The Morgan fingerprint density at radius 1 is 1.35 bits per heavy atom. The maximum Gasteiger partial charge on any atom is 0.277 e. The molecule has 0 saturated heterocycles. The van der Waals surface area contributed by atoms with E-state index >= 15 is 0 Å². The van der Waals surface area contributed by atoms with Crippen LogP contribution in [0.15, 0.2) is 41.6 Å². The minimum absolute atomic E-state index is 0.0503. The Morgan fingerprint density at radius 3 is 2.78 bits per heavy atom. The third kappa shape index (κ3) is 4.98. The van der Waals surface area contributed by atoms with E-state index in [0.29, 0.717) is 0 Å². The zero-order valence-electron chi connectivity index (χ0n) is 14.0. The molecule has 0 atom stereocenters. The van der Waals surface area contributed by atoms with Crippen molar-refractivity contribution in [3.05, 3.63) is 53.3 Å². The van der Waals surface area contributed by atoms with Crippen LogP contribution in [0.4, 0.5) is 0 Å². The van der Waals surface area contributed by atoms with Crippen LogP contribution in [0.25, 0.3) is 0 Å². The molecule has 0 spiro atoms. The fourth-order valence-corrected chi connectivity index (χ4v) is 2.14. The van der Waals surface area contributed by atoms with Crippen LogP contribution < -0.4 is 10.2 Å². The molecule has 1 amide bonds. The average molecular weight is 313 g/mol. The molecule has 5 nitrogen and oxygen atoms in total. The number of aromatic amines is 1. The fourth-order valence-electron chi connectivity index (χ4n) is 2.14. The number of rotatable bonds is 5. The number of hydrogen-bond donors (Lipinski definition) is 2. The number of benzene rings is 1. The van der Waals surface area contributed by atoms with Gasteiger partial charge in [-0.25, -0.2) is 5.43 Å². The molecule has 0 aliphatic carbocycles. The number of H-pyrrole nitrogens is 1. The molecule has 1 aromatic carbocycles. The lowest BCUT2D eigenvalue weighted by atomic mass is 9.86. The van der Waals surface area contributed by atoms with E-state index in [4.69, 9.17) is 4.74 Å². The van der Waals surface area contributed by atoms with Crippen LogP contribution in [0.5, 0.6) is 5.75 Å². The number of amides is 1. The number of hydrazone groups is 1. The normalized spacial score (nSPS) is 11.7. The van der Waals surface area contributed by atoms with Gasteiger partial charge in [0.15, 0.2) is 6.61 Å². The summed E-state index contributed by atoms with van der Waals surface area (Å²) in [5.74, 6) is 0.440. The van der Waals surface area contributed by atoms with Gasteiger partial charge in [-0.2, -0.15) is 5.10 Å². The summed E-state index contributed by atoms with van der Waals surface area (Å²) in [6.07, 6.45) is 3.34. The van der Waals surface area contributed by atoms with Gasteiger partial charge in [-0.3, -0.25) is 4.79 Å². The van der Waals surface area contributed by atoms with Crippen molar-refractivity contribution in [2.24, 2.45) is 5.10 Å². The summed E-state index contributed by atoms with van der Waals surface area (Å²) >= 11 is 0. The van der Waals surface area contributed by atoms with Crippen LogP contribution in [0.3, 0.4) is 0 Å². The van der Waals surface area contributed by atoms with E-state index in [0.717, 1.165) is 22.6 Å². The summed E-state index contributed by atoms with van der Waals surface area (Å²) < 4.78 is 5.70. The molecule has 122 valence electrons. The number of aromatic nitrogens is 1. The van der Waals surface area contributed by atoms with Gasteiger partial charge in [0, 0.05) is 6.20 Å². The largest absolute Gasteiger partial charge is 0.483 e. The number of aryl methyl sites for hydroxylation is 1. The molecule has 2 N–H and O–H groups in total. The molecule has 1 aromatic heterocycles. The summed E-state index contributed by atoms with van der Waals surface area (Å²) in [6, 6.07) is 9.77. The molecule has 0 unspecified atom stereocenters. The predicted octanol–water partition coefficient (Wildman–Crippen LogP) is 3.15. The standard InChI is InChI=1S/C18H23N3O2/c1-13-7-8-15(18(2,3)4)16(10-13)23-12-17(22)21-20-11-14-6-5-9-19-14/h5-11,19H,12H2,1-4H3,(H,21,22)/b20-11+. The minimum atomic E-state index is -0.297. The maximum absolute atomic E-state index is 11.8. The highest BCUT2D eigenvalue weighted by molar-refractivity contribution is 5.81. The number of carbonyl (C=O) groups excluding carboxylic acids is 1. The van der Waals surface area contributed by atoms with Crippen LogP contribution in [0.2, 0.25) is 0 Å². The molecule has 5 heteroatoms. The Morgan fingerprint density at radius 2 is 2.13 bits per heavy atom. The third-order valence-electron chi connectivity index (χ3n) is 3.32. The van der Waals surface area contributed by atoms with Crippen LogP contribution in [0.1, 0.15) is 37.6 Å². The second-order valence-corrected chi connectivity index (χ2v) is 6.46. The quantitative estimate of drug-likeness (QED) is 0.658. The number of carbonyl (C=O) groups is 1. The van der Waals surface area contributed by atoms with Gasteiger partial charge in [0.05, 0.1) is 11.9 Å².